The molecule has 0 aromatic heterocycles. The SMILES string of the molecule is O=C(O)C1(NCC2CCC2)CCCSC1. The van der Waals surface area contributed by atoms with Gasteiger partial charge in [0.1, 0.15) is 5.54 Å². The highest BCUT2D eigenvalue weighted by Gasteiger charge is 2.40. The van der Waals surface area contributed by atoms with Crippen LogP contribution in [0.3, 0.4) is 0 Å². The number of nitrogens with one attached hydrogen (secondary N) is 1. The van der Waals surface area contributed by atoms with Crippen LogP contribution in [0.5, 0.6) is 0 Å². The first-order chi connectivity index (χ1) is 7.23. The van der Waals surface area contributed by atoms with Gasteiger partial charge in [-0.2, -0.15) is 11.8 Å². The van der Waals surface area contributed by atoms with Gasteiger partial charge in [-0.1, -0.05) is 6.42 Å². The lowest BCUT2D eigenvalue weighted by atomic mass is 9.84. The van der Waals surface area contributed by atoms with E-state index in [0.717, 1.165) is 36.8 Å². The maximum atomic E-state index is 11.3. The van der Waals surface area contributed by atoms with E-state index in [2.05, 4.69) is 5.32 Å². The molecule has 3 nitrogen and oxygen atoms in total. The number of hydrogen-bond donors (Lipinski definition) is 2. The predicted molar refractivity (Wildman–Crippen MR) is 62.3 cm³/mol. The first-order valence-electron chi connectivity index (χ1n) is 5.79. The van der Waals surface area contributed by atoms with Crippen molar-refractivity contribution < 1.29 is 9.90 Å². The number of aliphatic carboxylic acids is 1. The average molecular weight is 229 g/mol. The van der Waals surface area contributed by atoms with E-state index in [9.17, 15) is 9.90 Å². The molecule has 1 aliphatic carbocycles. The molecule has 1 saturated carbocycles. The molecule has 2 fully saturated rings. The Kier molecular flexibility index (Phi) is 3.57. The van der Waals surface area contributed by atoms with Crippen LogP contribution in [0.4, 0.5) is 0 Å². The number of hydrogen-bond acceptors (Lipinski definition) is 3. The fourth-order valence-electron chi connectivity index (χ4n) is 2.21. The predicted octanol–water partition coefficient (Wildman–Crippen LogP) is 1.73. The van der Waals surface area contributed by atoms with E-state index in [0.29, 0.717) is 0 Å². The quantitative estimate of drug-likeness (QED) is 0.771. The normalized spacial score (nSPS) is 32.3. The van der Waals surface area contributed by atoms with Gasteiger partial charge in [0.25, 0.3) is 0 Å². The van der Waals surface area contributed by atoms with Crippen molar-refractivity contribution in [2.45, 2.75) is 37.6 Å². The maximum absolute atomic E-state index is 11.3. The van der Waals surface area contributed by atoms with Crippen molar-refractivity contribution >= 4 is 17.7 Å². The van der Waals surface area contributed by atoms with Crippen LogP contribution in [0.1, 0.15) is 32.1 Å². The minimum atomic E-state index is -0.658. The van der Waals surface area contributed by atoms with E-state index in [1.165, 1.54) is 19.3 Å². The van der Waals surface area contributed by atoms with Gasteiger partial charge in [-0.05, 0) is 43.9 Å². The van der Waals surface area contributed by atoms with Gasteiger partial charge < -0.3 is 10.4 Å². The number of carboxylic acids is 1. The standard InChI is InChI=1S/C11H19NO2S/c13-10(14)11(5-2-6-15-8-11)12-7-9-3-1-4-9/h9,12H,1-8H2,(H,13,14). The van der Waals surface area contributed by atoms with E-state index in [1.807, 2.05) is 0 Å². The number of carbonyl (C=O) groups is 1. The summed E-state index contributed by atoms with van der Waals surface area (Å²) in [6.07, 6.45) is 5.68. The highest BCUT2D eigenvalue weighted by Crippen LogP contribution is 2.30. The Hall–Kier alpha value is -0.220. The molecule has 0 aromatic carbocycles. The molecule has 15 heavy (non-hydrogen) atoms. The Balaban J connectivity index is 1.88. The summed E-state index contributed by atoms with van der Waals surface area (Å²) in [5, 5.41) is 12.6. The van der Waals surface area contributed by atoms with Crippen molar-refractivity contribution in [3.63, 3.8) is 0 Å². The Morgan fingerprint density at radius 1 is 1.47 bits per heavy atom. The molecule has 0 bridgehead atoms. The minimum Gasteiger partial charge on any atom is -0.480 e. The third-order valence-electron chi connectivity index (χ3n) is 3.60. The molecule has 0 radical (unpaired) electrons. The van der Waals surface area contributed by atoms with Gasteiger partial charge in [-0.25, -0.2) is 0 Å². The minimum absolute atomic E-state index is 0.626. The summed E-state index contributed by atoms with van der Waals surface area (Å²) < 4.78 is 0. The van der Waals surface area contributed by atoms with Gasteiger partial charge in [0.15, 0.2) is 0 Å². The van der Waals surface area contributed by atoms with Crippen LogP contribution in [0.15, 0.2) is 0 Å². The summed E-state index contributed by atoms with van der Waals surface area (Å²) in [6.45, 7) is 0.896. The summed E-state index contributed by atoms with van der Waals surface area (Å²) in [7, 11) is 0. The topological polar surface area (TPSA) is 49.3 Å². The van der Waals surface area contributed by atoms with E-state index < -0.39 is 11.5 Å². The van der Waals surface area contributed by atoms with E-state index in [-0.39, 0.29) is 0 Å². The molecule has 2 aliphatic rings. The summed E-state index contributed by atoms with van der Waals surface area (Å²) >= 11 is 1.76. The zero-order valence-electron chi connectivity index (χ0n) is 9.00. The van der Waals surface area contributed by atoms with Crippen LogP contribution >= 0.6 is 11.8 Å². The average Bonchev–Trinajstić information content (AvgIpc) is 2.16. The lowest BCUT2D eigenvalue weighted by Gasteiger charge is -2.36. The number of rotatable bonds is 4. The molecule has 86 valence electrons. The van der Waals surface area contributed by atoms with Crippen molar-refractivity contribution in [2.24, 2.45) is 5.92 Å². The summed E-state index contributed by atoms with van der Waals surface area (Å²) in [5.41, 5.74) is -0.626. The van der Waals surface area contributed by atoms with Gasteiger partial charge in [-0.15, -0.1) is 0 Å². The molecule has 1 aliphatic heterocycles. The smallest absolute Gasteiger partial charge is 0.324 e. The van der Waals surface area contributed by atoms with Crippen LogP contribution in [-0.2, 0) is 4.79 Å². The Bertz CT molecular complexity index is 235. The van der Waals surface area contributed by atoms with Crippen LogP contribution in [0, 0.1) is 5.92 Å². The molecule has 1 unspecified atom stereocenters. The molecule has 2 rings (SSSR count). The first kappa shape index (κ1) is 11.3. The van der Waals surface area contributed by atoms with Crippen molar-refractivity contribution in [1.29, 1.82) is 0 Å². The number of thioether (sulfide) groups is 1. The second-order valence-electron chi connectivity index (χ2n) is 4.72. The highest BCUT2D eigenvalue weighted by molar-refractivity contribution is 7.99. The van der Waals surface area contributed by atoms with E-state index in [4.69, 9.17) is 0 Å². The fourth-order valence-corrected chi connectivity index (χ4v) is 3.43. The Labute approximate surface area is 95.0 Å². The number of carboxylic acid groups (broad SMARTS) is 1. The Morgan fingerprint density at radius 2 is 2.27 bits per heavy atom. The van der Waals surface area contributed by atoms with Gasteiger partial charge in [0.2, 0.25) is 0 Å². The molecule has 2 N–H and O–H groups in total. The highest BCUT2D eigenvalue weighted by atomic mass is 32.2. The molecule has 1 heterocycles. The summed E-state index contributed by atoms with van der Waals surface area (Å²) in [5.74, 6) is 1.91. The summed E-state index contributed by atoms with van der Waals surface area (Å²) in [4.78, 5) is 11.3. The van der Waals surface area contributed by atoms with Gasteiger partial charge in [0.05, 0.1) is 0 Å². The largest absolute Gasteiger partial charge is 0.480 e. The second-order valence-corrected chi connectivity index (χ2v) is 5.83. The molecule has 1 atom stereocenters. The molecule has 4 heteroatoms. The van der Waals surface area contributed by atoms with Crippen LogP contribution in [0.25, 0.3) is 0 Å². The van der Waals surface area contributed by atoms with Crippen LogP contribution in [-0.4, -0.2) is 34.7 Å². The lowest BCUT2D eigenvalue weighted by molar-refractivity contribution is -0.144. The maximum Gasteiger partial charge on any atom is 0.324 e. The van der Waals surface area contributed by atoms with Crippen LogP contribution in [0.2, 0.25) is 0 Å². The second kappa shape index (κ2) is 4.74. The lowest BCUT2D eigenvalue weighted by Crippen LogP contribution is -2.57. The molecule has 1 saturated heterocycles. The molecule has 0 aromatic rings. The zero-order chi connectivity index (χ0) is 10.7. The van der Waals surface area contributed by atoms with Crippen LogP contribution < -0.4 is 5.32 Å². The van der Waals surface area contributed by atoms with Gasteiger partial charge in [0, 0.05) is 5.75 Å². The molecule has 0 amide bonds. The van der Waals surface area contributed by atoms with Crippen molar-refractivity contribution in [2.75, 3.05) is 18.1 Å². The van der Waals surface area contributed by atoms with Crippen molar-refractivity contribution in [3.8, 4) is 0 Å². The van der Waals surface area contributed by atoms with Crippen molar-refractivity contribution in [1.82, 2.24) is 5.32 Å². The zero-order valence-corrected chi connectivity index (χ0v) is 9.81. The molecular formula is C11H19NO2S. The summed E-state index contributed by atoms with van der Waals surface area (Å²) in [6, 6.07) is 0. The third-order valence-corrected chi connectivity index (χ3v) is 4.88. The van der Waals surface area contributed by atoms with E-state index in [1.54, 1.807) is 11.8 Å². The van der Waals surface area contributed by atoms with Crippen molar-refractivity contribution in [3.05, 3.63) is 0 Å². The van der Waals surface area contributed by atoms with E-state index >= 15 is 0 Å². The fraction of sp³-hybridized carbons (Fsp3) is 0.909. The first-order valence-corrected chi connectivity index (χ1v) is 6.95. The Morgan fingerprint density at radius 3 is 2.73 bits per heavy atom. The molecule has 0 spiro atoms. The third kappa shape index (κ3) is 2.48. The van der Waals surface area contributed by atoms with Gasteiger partial charge in [-0.3, -0.25) is 4.79 Å². The molecular weight excluding hydrogens is 210 g/mol. The van der Waals surface area contributed by atoms with Gasteiger partial charge >= 0.3 is 5.97 Å². The monoisotopic (exact) mass is 229 g/mol.